The zero-order valence-electron chi connectivity index (χ0n) is 12.0. The van der Waals surface area contributed by atoms with Crippen molar-refractivity contribution in [2.75, 3.05) is 6.54 Å². The lowest BCUT2D eigenvalue weighted by Crippen LogP contribution is -2.39. The summed E-state index contributed by atoms with van der Waals surface area (Å²) < 4.78 is 0. The van der Waals surface area contributed by atoms with Crippen LogP contribution in [0.5, 0.6) is 0 Å². The maximum absolute atomic E-state index is 12.7. The summed E-state index contributed by atoms with van der Waals surface area (Å²) in [7, 11) is 0. The van der Waals surface area contributed by atoms with Gasteiger partial charge in [0, 0.05) is 22.7 Å². The van der Waals surface area contributed by atoms with Crippen LogP contribution in [0.1, 0.15) is 47.0 Å². The number of amides is 1. The fourth-order valence-corrected chi connectivity index (χ4v) is 4.97. The maximum Gasteiger partial charge on any atom is 0.223 e. The summed E-state index contributed by atoms with van der Waals surface area (Å²) in [6.45, 7) is 0.875. The fraction of sp³-hybridized carbons (Fsp3) is 0.471. The van der Waals surface area contributed by atoms with Crippen molar-refractivity contribution < 1.29 is 4.79 Å². The molecule has 0 radical (unpaired) electrons. The topological polar surface area (TPSA) is 20.3 Å². The molecule has 2 aliphatic rings. The van der Waals surface area contributed by atoms with Crippen LogP contribution in [0.15, 0.2) is 29.0 Å². The third kappa shape index (κ3) is 2.67. The summed E-state index contributed by atoms with van der Waals surface area (Å²) in [4.78, 5) is 17.6. The molecule has 1 aliphatic heterocycles. The minimum Gasteiger partial charge on any atom is -0.330 e. The molecule has 1 fully saturated rings. The molecule has 4 heteroatoms. The Labute approximate surface area is 133 Å². The Hall–Kier alpha value is -1.13. The van der Waals surface area contributed by atoms with Gasteiger partial charge in [0.2, 0.25) is 5.91 Å². The molecule has 0 N–H and O–H groups in total. The van der Waals surface area contributed by atoms with Gasteiger partial charge < -0.3 is 4.90 Å². The maximum atomic E-state index is 12.7. The van der Waals surface area contributed by atoms with Gasteiger partial charge in [-0.2, -0.15) is 0 Å². The zero-order chi connectivity index (χ0) is 14.2. The molecule has 1 aliphatic carbocycles. The van der Waals surface area contributed by atoms with Crippen LogP contribution in [0, 0.1) is 5.92 Å². The quantitative estimate of drug-likeness (QED) is 0.814. The van der Waals surface area contributed by atoms with E-state index < -0.39 is 0 Å². The Bertz CT molecular complexity index is 627. The van der Waals surface area contributed by atoms with Crippen LogP contribution in [0.2, 0.25) is 0 Å². The van der Waals surface area contributed by atoms with Crippen LogP contribution in [0.25, 0.3) is 0 Å². The second-order valence-electron chi connectivity index (χ2n) is 6.04. The van der Waals surface area contributed by atoms with E-state index in [1.807, 2.05) is 11.3 Å². The fourth-order valence-electron chi connectivity index (χ4n) is 3.22. The van der Waals surface area contributed by atoms with E-state index in [0.717, 1.165) is 31.7 Å². The summed E-state index contributed by atoms with van der Waals surface area (Å²) in [5, 5.41) is 4.28. The summed E-state index contributed by atoms with van der Waals surface area (Å²) in [5.41, 5.74) is 1.36. The highest BCUT2D eigenvalue weighted by Gasteiger charge is 2.33. The Kier molecular flexibility index (Phi) is 3.59. The van der Waals surface area contributed by atoms with Crippen molar-refractivity contribution in [3.8, 4) is 0 Å². The molecule has 0 aromatic carbocycles. The van der Waals surface area contributed by atoms with E-state index in [1.165, 1.54) is 28.2 Å². The van der Waals surface area contributed by atoms with Gasteiger partial charge in [-0.05, 0) is 47.2 Å². The molecule has 110 valence electrons. The average molecular weight is 317 g/mol. The van der Waals surface area contributed by atoms with Gasteiger partial charge in [-0.15, -0.1) is 22.7 Å². The standard InChI is InChI=1S/C17H19NOS2/c19-16(6-5-12-3-4-12)18-9-7-14-13(8-11-21-14)17(18)15-2-1-10-20-15/h1-2,8,10-12,17H,3-7,9H2/t17-/m0/s1. The summed E-state index contributed by atoms with van der Waals surface area (Å²) >= 11 is 3.60. The minimum absolute atomic E-state index is 0.159. The third-order valence-electron chi connectivity index (χ3n) is 4.56. The molecule has 0 unspecified atom stereocenters. The second-order valence-corrected chi connectivity index (χ2v) is 8.02. The minimum atomic E-state index is 0.159. The molecule has 0 bridgehead atoms. The van der Waals surface area contributed by atoms with Crippen LogP contribution in [0.3, 0.4) is 0 Å². The Morgan fingerprint density at radius 1 is 1.24 bits per heavy atom. The SMILES string of the molecule is O=C(CCC1CC1)N1CCc2sccc2[C@H]1c1cccs1. The molecule has 2 aromatic heterocycles. The lowest BCUT2D eigenvalue weighted by molar-refractivity contribution is -0.133. The monoisotopic (exact) mass is 317 g/mol. The van der Waals surface area contributed by atoms with Crippen molar-refractivity contribution in [2.24, 2.45) is 5.92 Å². The van der Waals surface area contributed by atoms with Crippen LogP contribution >= 0.6 is 22.7 Å². The highest BCUT2D eigenvalue weighted by molar-refractivity contribution is 7.10. The van der Waals surface area contributed by atoms with Gasteiger partial charge in [0.25, 0.3) is 0 Å². The van der Waals surface area contributed by atoms with Crippen LogP contribution in [-0.2, 0) is 11.2 Å². The van der Waals surface area contributed by atoms with Gasteiger partial charge >= 0.3 is 0 Å². The average Bonchev–Trinajstić information content (AvgIpc) is 2.99. The molecular formula is C17H19NOS2. The molecule has 1 amide bonds. The lowest BCUT2D eigenvalue weighted by Gasteiger charge is -2.35. The van der Waals surface area contributed by atoms with Crippen molar-refractivity contribution in [1.29, 1.82) is 0 Å². The first kappa shape index (κ1) is 13.5. The van der Waals surface area contributed by atoms with Crippen LogP contribution in [-0.4, -0.2) is 17.4 Å². The Balaban J connectivity index is 1.61. The second kappa shape index (κ2) is 5.58. The predicted octanol–water partition coefficient (Wildman–Crippen LogP) is 4.47. The number of hydrogen-bond acceptors (Lipinski definition) is 3. The molecule has 21 heavy (non-hydrogen) atoms. The number of carbonyl (C=O) groups is 1. The van der Waals surface area contributed by atoms with E-state index in [2.05, 4.69) is 33.9 Å². The largest absolute Gasteiger partial charge is 0.330 e. The Morgan fingerprint density at radius 3 is 2.90 bits per heavy atom. The van der Waals surface area contributed by atoms with Crippen molar-refractivity contribution in [2.45, 2.75) is 38.1 Å². The third-order valence-corrected chi connectivity index (χ3v) is 6.48. The van der Waals surface area contributed by atoms with Crippen molar-refractivity contribution in [3.05, 3.63) is 44.3 Å². The molecule has 0 spiro atoms. The highest BCUT2D eigenvalue weighted by atomic mass is 32.1. The first-order chi connectivity index (χ1) is 10.3. The van der Waals surface area contributed by atoms with Gasteiger partial charge in [-0.3, -0.25) is 4.79 Å². The smallest absolute Gasteiger partial charge is 0.223 e. The van der Waals surface area contributed by atoms with Gasteiger partial charge in [0.1, 0.15) is 0 Å². The van der Waals surface area contributed by atoms with E-state index in [1.54, 1.807) is 11.3 Å². The number of fused-ring (bicyclic) bond motifs is 1. The first-order valence-electron chi connectivity index (χ1n) is 7.72. The number of rotatable bonds is 4. The number of nitrogens with zero attached hydrogens (tertiary/aromatic N) is 1. The van der Waals surface area contributed by atoms with Gasteiger partial charge in [0.05, 0.1) is 6.04 Å². The van der Waals surface area contributed by atoms with Gasteiger partial charge in [0.15, 0.2) is 0 Å². The van der Waals surface area contributed by atoms with Gasteiger partial charge in [-0.25, -0.2) is 0 Å². The van der Waals surface area contributed by atoms with E-state index >= 15 is 0 Å². The molecule has 4 rings (SSSR count). The molecule has 2 nitrogen and oxygen atoms in total. The Morgan fingerprint density at radius 2 is 2.14 bits per heavy atom. The van der Waals surface area contributed by atoms with Crippen LogP contribution in [0.4, 0.5) is 0 Å². The summed E-state index contributed by atoms with van der Waals surface area (Å²) in [6.07, 6.45) is 5.49. The molecule has 0 saturated heterocycles. The zero-order valence-corrected chi connectivity index (χ0v) is 13.6. The number of carbonyl (C=O) groups excluding carboxylic acids is 1. The molecule has 1 saturated carbocycles. The van der Waals surface area contributed by atoms with Gasteiger partial charge in [-0.1, -0.05) is 18.9 Å². The summed E-state index contributed by atoms with van der Waals surface area (Å²) in [6, 6.07) is 6.63. The van der Waals surface area contributed by atoms with E-state index in [4.69, 9.17) is 0 Å². The molecule has 1 atom stereocenters. The van der Waals surface area contributed by atoms with E-state index in [0.29, 0.717) is 5.91 Å². The van der Waals surface area contributed by atoms with Crippen LogP contribution < -0.4 is 0 Å². The number of hydrogen-bond donors (Lipinski definition) is 0. The first-order valence-corrected chi connectivity index (χ1v) is 9.48. The van der Waals surface area contributed by atoms with Crippen molar-refractivity contribution in [1.82, 2.24) is 4.90 Å². The molecule has 3 heterocycles. The van der Waals surface area contributed by atoms with Crippen molar-refractivity contribution in [3.63, 3.8) is 0 Å². The number of thiophene rings is 2. The molecule has 2 aromatic rings. The van der Waals surface area contributed by atoms with Crippen molar-refractivity contribution >= 4 is 28.6 Å². The summed E-state index contributed by atoms with van der Waals surface area (Å²) in [5.74, 6) is 1.17. The normalized spacial score (nSPS) is 21.3. The van der Waals surface area contributed by atoms with E-state index in [-0.39, 0.29) is 6.04 Å². The predicted molar refractivity (Wildman–Crippen MR) is 87.9 cm³/mol. The molecular weight excluding hydrogens is 298 g/mol. The lowest BCUT2D eigenvalue weighted by atomic mass is 9.97. The van der Waals surface area contributed by atoms with E-state index in [9.17, 15) is 4.79 Å². The highest BCUT2D eigenvalue weighted by Crippen LogP contribution is 2.40.